The Bertz CT molecular complexity index is 1050. The Hall–Kier alpha value is -3.33. The van der Waals surface area contributed by atoms with Crippen LogP contribution in [0.5, 0.6) is 0 Å². The van der Waals surface area contributed by atoms with E-state index in [1.54, 1.807) is 38.1 Å². The number of carbonyl (C=O) groups excluding carboxylic acids is 5. The zero-order valence-corrected chi connectivity index (χ0v) is 23.6. The number of rotatable bonds is 15. The minimum absolute atomic E-state index is 0.0189. The number of esters is 1. The van der Waals surface area contributed by atoms with Crippen LogP contribution < -0.4 is 0 Å². The summed E-state index contributed by atoms with van der Waals surface area (Å²) in [6, 6.07) is 8.32. The first kappa shape index (κ1) is 31.9. The quantitative estimate of drug-likeness (QED) is 0.198. The van der Waals surface area contributed by atoms with Crippen molar-refractivity contribution >= 4 is 29.5 Å². The molecule has 0 spiro atoms. The second-order valence-corrected chi connectivity index (χ2v) is 10.8. The molecule has 0 aliphatic carbocycles. The number of amides is 2. The van der Waals surface area contributed by atoms with Crippen LogP contribution in [-0.2, 0) is 35.1 Å². The van der Waals surface area contributed by atoms with Gasteiger partial charge in [0.15, 0.2) is 17.7 Å². The lowest BCUT2D eigenvalue weighted by Crippen LogP contribution is -2.53. The number of allylic oxidation sites excluding steroid dienone is 1. The van der Waals surface area contributed by atoms with Crippen LogP contribution >= 0.6 is 0 Å². The highest BCUT2D eigenvalue weighted by atomic mass is 16.6. The van der Waals surface area contributed by atoms with E-state index < -0.39 is 47.4 Å². The Morgan fingerprint density at radius 2 is 1.69 bits per heavy atom. The average Bonchev–Trinajstić information content (AvgIpc) is 3.12. The molecule has 1 aromatic rings. The lowest BCUT2D eigenvalue weighted by Gasteiger charge is -2.34. The van der Waals surface area contributed by atoms with E-state index in [4.69, 9.17) is 14.6 Å². The number of unbranched alkanes of at least 4 members (excludes halogenated alkanes) is 3. The topological polar surface area (TPSA) is 127 Å². The number of ether oxygens (including phenoxy) is 2. The van der Waals surface area contributed by atoms with Crippen LogP contribution in [0.25, 0.3) is 0 Å². The highest BCUT2D eigenvalue weighted by Gasteiger charge is 2.54. The van der Waals surface area contributed by atoms with Gasteiger partial charge in [-0.2, -0.15) is 0 Å². The minimum Gasteiger partial charge on any atom is -0.453 e. The highest BCUT2D eigenvalue weighted by Crippen LogP contribution is 2.36. The Kier molecular flexibility index (Phi) is 12.0. The van der Waals surface area contributed by atoms with Crippen LogP contribution in [0.15, 0.2) is 42.5 Å². The van der Waals surface area contributed by atoms with Gasteiger partial charge in [0, 0.05) is 20.0 Å². The zero-order chi connectivity index (χ0) is 29.2. The van der Waals surface area contributed by atoms with Crippen LogP contribution in [0.2, 0.25) is 0 Å². The summed E-state index contributed by atoms with van der Waals surface area (Å²) >= 11 is 0. The third-order valence-corrected chi connectivity index (χ3v) is 6.73. The van der Waals surface area contributed by atoms with Gasteiger partial charge in [-0.15, -0.1) is 0 Å². The van der Waals surface area contributed by atoms with Gasteiger partial charge in [-0.1, -0.05) is 57.0 Å². The van der Waals surface area contributed by atoms with E-state index in [-0.39, 0.29) is 31.1 Å². The van der Waals surface area contributed by atoms with Gasteiger partial charge in [0.2, 0.25) is 5.91 Å². The van der Waals surface area contributed by atoms with E-state index in [1.807, 2.05) is 19.9 Å². The number of benzene rings is 1. The Morgan fingerprint density at radius 3 is 2.28 bits per heavy atom. The van der Waals surface area contributed by atoms with Gasteiger partial charge in [-0.25, -0.2) is 9.69 Å². The fraction of sp³-hybridized carbons (Fsp3) is 0.567. The SMILES string of the molecule is CC(=O)O[C@H](C(=O)C=CC(=O)CCCCCCO)[C@@H](Cc1ccccc1)C(=O)N1C(=O)OC(C)(C)[C@@H]1C(C)C. The largest absolute Gasteiger partial charge is 0.453 e. The summed E-state index contributed by atoms with van der Waals surface area (Å²) in [5.74, 6) is -3.83. The third kappa shape index (κ3) is 9.13. The molecule has 0 aromatic heterocycles. The molecule has 1 aliphatic heterocycles. The van der Waals surface area contributed by atoms with Crippen LogP contribution in [0, 0.1) is 11.8 Å². The molecule has 0 radical (unpaired) electrons. The van der Waals surface area contributed by atoms with E-state index in [2.05, 4.69) is 0 Å². The van der Waals surface area contributed by atoms with Crippen molar-refractivity contribution in [2.24, 2.45) is 11.8 Å². The average molecular weight is 544 g/mol. The van der Waals surface area contributed by atoms with Crippen molar-refractivity contribution in [2.45, 2.75) is 90.9 Å². The van der Waals surface area contributed by atoms with Gasteiger partial charge in [-0.3, -0.25) is 19.2 Å². The molecular formula is C30H41NO8. The summed E-state index contributed by atoms with van der Waals surface area (Å²) in [4.78, 5) is 65.7. The van der Waals surface area contributed by atoms with Gasteiger partial charge < -0.3 is 14.6 Å². The summed E-state index contributed by atoms with van der Waals surface area (Å²) in [6.07, 6.45) is 2.92. The molecule has 9 nitrogen and oxygen atoms in total. The van der Waals surface area contributed by atoms with E-state index >= 15 is 0 Å². The molecule has 1 saturated heterocycles. The molecule has 0 bridgehead atoms. The molecule has 9 heteroatoms. The first-order valence-corrected chi connectivity index (χ1v) is 13.5. The summed E-state index contributed by atoms with van der Waals surface area (Å²) in [6.45, 7) is 8.42. The number of hydrogen-bond donors (Lipinski definition) is 1. The Balaban J connectivity index is 2.38. The molecule has 39 heavy (non-hydrogen) atoms. The van der Waals surface area contributed by atoms with Crippen molar-refractivity contribution in [3.8, 4) is 0 Å². The van der Waals surface area contributed by atoms with Gasteiger partial charge in [-0.05, 0) is 56.7 Å². The van der Waals surface area contributed by atoms with Crippen molar-refractivity contribution in [2.75, 3.05) is 6.61 Å². The third-order valence-electron chi connectivity index (χ3n) is 6.73. The van der Waals surface area contributed by atoms with Crippen molar-refractivity contribution in [3.05, 3.63) is 48.0 Å². The molecule has 2 rings (SSSR count). The normalized spacial score (nSPS) is 18.2. The molecule has 1 aromatic carbocycles. The number of cyclic esters (lactones) is 1. The van der Waals surface area contributed by atoms with Crippen LogP contribution in [0.3, 0.4) is 0 Å². The van der Waals surface area contributed by atoms with Gasteiger partial charge in [0.05, 0.1) is 12.0 Å². The van der Waals surface area contributed by atoms with Crippen molar-refractivity contribution < 1.29 is 38.6 Å². The summed E-state index contributed by atoms with van der Waals surface area (Å²) in [7, 11) is 0. The smallest absolute Gasteiger partial charge is 0.417 e. The summed E-state index contributed by atoms with van der Waals surface area (Å²) in [5, 5.41) is 8.86. The monoisotopic (exact) mass is 543 g/mol. The molecule has 0 unspecified atom stereocenters. The van der Waals surface area contributed by atoms with E-state index in [9.17, 15) is 24.0 Å². The zero-order valence-electron chi connectivity index (χ0n) is 23.6. The van der Waals surface area contributed by atoms with Crippen LogP contribution in [0.1, 0.15) is 72.3 Å². The number of carbonyl (C=O) groups is 5. The highest BCUT2D eigenvalue weighted by molar-refractivity contribution is 6.05. The van der Waals surface area contributed by atoms with Crippen molar-refractivity contribution in [1.82, 2.24) is 4.90 Å². The molecule has 1 fully saturated rings. The summed E-state index contributed by atoms with van der Waals surface area (Å²) in [5.41, 5.74) is -0.250. The summed E-state index contributed by atoms with van der Waals surface area (Å²) < 4.78 is 10.9. The maximum Gasteiger partial charge on any atom is 0.417 e. The molecule has 1 N–H and O–H groups in total. The van der Waals surface area contributed by atoms with E-state index in [1.165, 1.54) is 0 Å². The van der Waals surface area contributed by atoms with Crippen LogP contribution in [-0.4, -0.2) is 63.9 Å². The number of ketones is 2. The molecule has 2 amide bonds. The van der Waals surface area contributed by atoms with E-state index in [0.29, 0.717) is 18.4 Å². The van der Waals surface area contributed by atoms with Gasteiger partial charge >= 0.3 is 12.1 Å². The standard InChI is InChI=1S/C30H41NO8/c1-20(2)27-30(4,5)39-29(37)31(27)28(36)24(19-22-13-9-8-10-14-22)26(38-21(3)33)25(35)17-16-23(34)15-11-6-7-12-18-32/h8-10,13-14,16-17,20,24,26-27,32H,6-7,11-12,15,18-19H2,1-5H3/t24-,26+,27+/m1/s1. The number of aliphatic hydroxyl groups is 1. The second kappa shape index (κ2) is 14.7. The Morgan fingerprint density at radius 1 is 1.05 bits per heavy atom. The minimum atomic E-state index is -1.55. The van der Waals surface area contributed by atoms with Gasteiger partial charge in [0.25, 0.3) is 0 Å². The second-order valence-electron chi connectivity index (χ2n) is 10.8. The van der Waals surface area contributed by atoms with E-state index in [0.717, 1.165) is 36.8 Å². The predicted molar refractivity (Wildman–Crippen MR) is 145 cm³/mol. The number of nitrogens with zero attached hydrogens (tertiary/aromatic N) is 1. The van der Waals surface area contributed by atoms with Crippen molar-refractivity contribution in [1.29, 1.82) is 0 Å². The lowest BCUT2D eigenvalue weighted by molar-refractivity contribution is -0.159. The first-order chi connectivity index (χ1) is 18.4. The molecule has 0 saturated carbocycles. The maximum absolute atomic E-state index is 14.0. The molecule has 3 atom stereocenters. The van der Waals surface area contributed by atoms with Crippen LogP contribution in [0.4, 0.5) is 4.79 Å². The lowest BCUT2D eigenvalue weighted by atomic mass is 9.85. The van der Waals surface area contributed by atoms with Gasteiger partial charge in [0.1, 0.15) is 5.60 Å². The first-order valence-electron chi connectivity index (χ1n) is 13.5. The molecular weight excluding hydrogens is 502 g/mol. The number of hydrogen-bond acceptors (Lipinski definition) is 8. The molecule has 1 heterocycles. The maximum atomic E-state index is 14.0. The fourth-order valence-corrected chi connectivity index (χ4v) is 5.09. The Labute approximate surface area is 230 Å². The molecule has 1 aliphatic rings. The molecule has 214 valence electrons. The fourth-order valence-electron chi connectivity index (χ4n) is 5.09. The predicted octanol–water partition coefficient (Wildman–Crippen LogP) is 4.20. The van der Waals surface area contributed by atoms with Crippen molar-refractivity contribution in [3.63, 3.8) is 0 Å². The number of imide groups is 1. The number of aliphatic hydroxyl groups excluding tert-OH is 1.